The maximum Gasteiger partial charge on any atom is 0.341 e. The number of nitrogen functional groups attached to an aromatic ring is 1. The zero-order valence-electron chi connectivity index (χ0n) is 6.96. The van der Waals surface area contributed by atoms with Crippen LogP contribution in [0.2, 0.25) is 0 Å². The first-order valence-corrected chi connectivity index (χ1v) is 5.75. The Morgan fingerprint density at radius 1 is 1.43 bits per heavy atom. The van der Waals surface area contributed by atoms with Crippen molar-refractivity contribution in [3.05, 3.63) is 19.3 Å². The van der Waals surface area contributed by atoms with Gasteiger partial charge in [-0.15, -0.1) is 0 Å². The van der Waals surface area contributed by atoms with Crippen molar-refractivity contribution in [2.75, 3.05) is 12.3 Å². The van der Waals surface area contributed by atoms with Crippen LogP contribution in [0.15, 0.2) is 12.1 Å². The Balaban J connectivity index is 2.84. The average Bonchev–Trinajstić information content (AvgIpc) is 2.10. The molecule has 3 N–H and O–H groups in total. The number of anilines is 1. The molecule has 1 aromatic rings. The van der Waals surface area contributed by atoms with Gasteiger partial charge in [-0.25, -0.2) is 4.79 Å². The highest BCUT2D eigenvalue weighted by atomic mass is 127. The summed E-state index contributed by atoms with van der Waals surface area (Å²) < 4.78 is 6.73. The van der Waals surface area contributed by atoms with Gasteiger partial charge in [0.1, 0.15) is 5.75 Å². The van der Waals surface area contributed by atoms with Crippen molar-refractivity contribution < 1.29 is 14.6 Å². The second-order valence-corrected chi connectivity index (χ2v) is 4.81. The lowest BCUT2D eigenvalue weighted by atomic mass is 10.3. The van der Waals surface area contributed by atoms with Gasteiger partial charge >= 0.3 is 5.97 Å². The van der Waals surface area contributed by atoms with Crippen LogP contribution in [-0.2, 0) is 4.79 Å². The van der Waals surface area contributed by atoms with Crippen LogP contribution in [0.4, 0.5) is 5.69 Å². The molecule has 0 saturated carbocycles. The van der Waals surface area contributed by atoms with Gasteiger partial charge in [0.2, 0.25) is 0 Å². The summed E-state index contributed by atoms with van der Waals surface area (Å²) in [6.07, 6.45) is 0. The van der Waals surface area contributed by atoms with E-state index >= 15 is 0 Å². The van der Waals surface area contributed by atoms with Crippen molar-refractivity contribution >= 4 is 56.8 Å². The lowest BCUT2D eigenvalue weighted by Gasteiger charge is -2.07. The van der Waals surface area contributed by atoms with Crippen LogP contribution in [0.25, 0.3) is 0 Å². The average molecular weight is 419 g/mol. The number of benzene rings is 1. The maximum absolute atomic E-state index is 10.3. The first-order valence-electron chi connectivity index (χ1n) is 3.60. The molecule has 0 fully saturated rings. The summed E-state index contributed by atoms with van der Waals surface area (Å²) >= 11 is 4.15. The molecule has 4 nitrogen and oxygen atoms in total. The lowest BCUT2D eigenvalue weighted by Crippen LogP contribution is -2.09. The molecule has 14 heavy (non-hydrogen) atoms. The van der Waals surface area contributed by atoms with Crippen LogP contribution in [0.1, 0.15) is 0 Å². The minimum Gasteiger partial charge on any atom is -0.482 e. The van der Waals surface area contributed by atoms with E-state index in [1.807, 2.05) is 0 Å². The van der Waals surface area contributed by atoms with Crippen LogP contribution in [0, 0.1) is 7.14 Å². The summed E-state index contributed by atoms with van der Waals surface area (Å²) in [4.78, 5) is 10.3. The van der Waals surface area contributed by atoms with Crippen molar-refractivity contribution in [3.8, 4) is 5.75 Å². The third-order valence-electron chi connectivity index (χ3n) is 1.41. The van der Waals surface area contributed by atoms with Gasteiger partial charge in [-0.2, -0.15) is 0 Å². The quantitative estimate of drug-likeness (QED) is 0.581. The van der Waals surface area contributed by atoms with Gasteiger partial charge in [0.15, 0.2) is 6.61 Å². The molecular weight excluding hydrogens is 412 g/mol. The number of ether oxygens (including phenoxy) is 1. The van der Waals surface area contributed by atoms with Gasteiger partial charge in [0, 0.05) is 7.14 Å². The molecule has 0 amide bonds. The van der Waals surface area contributed by atoms with Gasteiger partial charge in [0.25, 0.3) is 0 Å². The standard InChI is InChI=1S/C8H7I2NO3/c9-5-1-4(14-3-7(12)13)2-6(10)8(5)11/h1-2H,3,11H2,(H,12,13). The third-order valence-corrected chi connectivity index (χ3v) is 3.20. The second-order valence-electron chi connectivity index (χ2n) is 2.48. The molecular formula is C8H7I2NO3. The summed E-state index contributed by atoms with van der Waals surface area (Å²) in [5, 5.41) is 8.41. The van der Waals surface area contributed by atoms with E-state index in [9.17, 15) is 4.79 Å². The van der Waals surface area contributed by atoms with Gasteiger partial charge in [-0.05, 0) is 57.3 Å². The Bertz CT molecular complexity index is 345. The van der Waals surface area contributed by atoms with Gasteiger partial charge < -0.3 is 15.6 Å². The molecule has 6 heteroatoms. The van der Waals surface area contributed by atoms with Gasteiger partial charge in [0.05, 0.1) is 5.69 Å². The molecule has 0 heterocycles. The number of carboxylic acid groups (broad SMARTS) is 1. The molecule has 0 aliphatic rings. The van der Waals surface area contributed by atoms with Crippen molar-refractivity contribution in [3.63, 3.8) is 0 Å². The minimum atomic E-state index is -0.994. The fourth-order valence-electron chi connectivity index (χ4n) is 0.789. The van der Waals surface area contributed by atoms with E-state index in [-0.39, 0.29) is 6.61 Å². The summed E-state index contributed by atoms with van der Waals surface area (Å²) in [6, 6.07) is 3.42. The number of hydrogen-bond donors (Lipinski definition) is 2. The van der Waals surface area contributed by atoms with Crippen molar-refractivity contribution in [1.82, 2.24) is 0 Å². The number of nitrogens with two attached hydrogens (primary N) is 1. The highest BCUT2D eigenvalue weighted by Crippen LogP contribution is 2.27. The van der Waals surface area contributed by atoms with Crippen LogP contribution < -0.4 is 10.5 Å². The molecule has 0 aromatic heterocycles. The normalized spacial score (nSPS) is 9.86. The molecule has 1 aromatic carbocycles. The topological polar surface area (TPSA) is 72.5 Å². The molecule has 0 aliphatic carbocycles. The molecule has 0 aliphatic heterocycles. The highest BCUT2D eigenvalue weighted by molar-refractivity contribution is 14.1. The van der Waals surface area contributed by atoms with Crippen molar-refractivity contribution in [2.24, 2.45) is 0 Å². The first kappa shape index (κ1) is 11.8. The predicted octanol–water partition coefficient (Wildman–Crippen LogP) is 1.94. The molecule has 1 rings (SSSR count). The van der Waals surface area contributed by atoms with E-state index in [0.29, 0.717) is 11.4 Å². The van der Waals surface area contributed by atoms with E-state index < -0.39 is 5.97 Å². The predicted molar refractivity (Wildman–Crippen MR) is 69.4 cm³/mol. The fraction of sp³-hybridized carbons (Fsp3) is 0.125. The van der Waals surface area contributed by atoms with E-state index in [2.05, 4.69) is 45.2 Å². The largest absolute Gasteiger partial charge is 0.482 e. The Morgan fingerprint density at radius 3 is 2.36 bits per heavy atom. The Morgan fingerprint density at radius 2 is 1.93 bits per heavy atom. The number of halogens is 2. The zero-order chi connectivity index (χ0) is 10.7. The molecule has 0 saturated heterocycles. The van der Waals surface area contributed by atoms with Crippen LogP contribution in [-0.4, -0.2) is 17.7 Å². The van der Waals surface area contributed by atoms with E-state index in [4.69, 9.17) is 15.6 Å². The molecule has 0 unspecified atom stereocenters. The highest BCUT2D eigenvalue weighted by Gasteiger charge is 2.06. The zero-order valence-corrected chi connectivity index (χ0v) is 11.3. The summed E-state index contributed by atoms with van der Waals surface area (Å²) in [6.45, 7) is -0.337. The lowest BCUT2D eigenvalue weighted by molar-refractivity contribution is -0.139. The number of rotatable bonds is 3. The molecule has 0 atom stereocenters. The minimum absolute atomic E-state index is 0.337. The smallest absolute Gasteiger partial charge is 0.341 e. The maximum atomic E-state index is 10.3. The number of carbonyl (C=O) groups is 1. The fourth-order valence-corrected chi connectivity index (χ4v) is 2.50. The number of carboxylic acids is 1. The van der Waals surface area contributed by atoms with E-state index in [0.717, 1.165) is 7.14 Å². The van der Waals surface area contributed by atoms with Crippen molar-refractivity contribution in [2.45, 2.75) is 0 Å². The van der Waals surface area contributed by atoms with Crippen LogP contribution >= 0.6 is 45.2 Å². The van der Waals surface area contributed by atoms with Gasteiger partial charge in [-0.3, -0.25) is 0 Å². The molecule has 0 bridgehead atoms. The number of hydrogen-bond acceptors (Lipinski definition) is 3. The van der Waals surface area contributed by atoms with E-state index in [1.54, 1.807) is 12.1 Å². The summed E-state index contributed by atoms with van der Waals surface area (Å²) in [5.74, 6) is -0.470. The first-order chi connectivity index (χ1) is 6.50. The Kier molecular flexibility index (Phi) is 4.23. The van der Waals surface area contributed by atoms with Crippen molar-refractivity contribution in [1.29, 1.82) is 0 Å². The Labute approximate surface area is 108 Å². The Hall–Kier alpha value is -0.250. The monoisotopic (exact) mass is 419 g/mol. The molecule has 0 radical (unpaired) electrons. The SMILES string of the molecule is Nc1c(I)cc(OCC(=O)O)cc1I. The summed E-state index contributed by atoms with van der Waals surface area (Å²) in [5.41, 5.74) is 6.41. The van der Waals surface area contributed by atoms with Gasteiger partial charge in [-0.1, -0.05) is 0 Å². The molecule has 0 spiro atoms. The molecule has 76 valence electrons. The van der Waals surface area contributed by atoms with Crippen LogP contribution in [0.5, 0.6) is 5.75 Å². The second kappa shape index (κ2) is 5.01. The van der Waals surface area contributed by atoms with E-state index in [1.165, 1.54) is 0 Å². The third kappa shape index (κ3) is 3.15. The number of aliphatic carboxylic acids is 1. The van der Waals surface area contributed by atoms with Crippen LogP contribution in [0.3, 0.4) is 0 Å². The summed E-state index contributed by atoms with van der Waals surface area (Å²) in [7, 11) is 0.